The molecule has 1 saturated heterocycles. The van der Waals surface area contributed by atoms with Gasteiger partial charge in [-0.25, -0.2) is 0 Å². The van der Waals surface area contributed by atoms with Crippen LogP contribution in [0.1, 0.15) is 17.2 Å². The van der Waals surface area contributed by atoms with Gasteiger partial charge in [-0.15, -0.1) is 0 Å². The van der Waals surface area contributed by atoms with Gasteiger partial charge in [0.25, 0.3) is 17.4 Å². The van der Waals surface area contributed by atoms with Gasteiger partial charge in [-0.3, -0.25) is 24.6 Å². The summed E-state index contributed by atoms with van der Waals surface area (Å²) in [5.41, 5.74) is 0.588. The summed E-state index contributed by atoms with van der Waals surface area (Å²) in [4.78, 5) is 38.4. The van der Waals surface area contributed by atoms with E-state index in [1.54, 1.807) is 54.6 Å². The van der Waals surface area contributed by atoms with E-state index >= 15 is 0 Å². The number of aliphatic hydroxyl groups is 1. The van der Waals surface area contributed by atoms with E-state index in [0.29, 0.717) is 28.3 Å². The van der Waals surface area contributed by atoms with Gasteiger partial charge in [-0.1, -0.05) is 12.1 Å². The third-order valence-electron chi connectivity index (χ3n) is 5.56. The van der Waals surface area contributed by atoms with E-state index in [1.807, 2.05) is 0 Å². The second-order valence-electron chi connectivity index (χ2n) is 7.45. The summed E-state index contributed by atoms with van der Waals surface area (Å²) in [6, 6.07) is 17.3. The predicted octanol–water partition coefficient (Wildman–Crippen LogP) is 4.24. The zero-order valence-electron chi connectivity index (χ0n) is 18.3. The van der Waals surface area contributed by atoms with Gasteiger partial charge in [-0.2, -0.15) is 0 Å². The van der Waals surface area contributed by atoms with E-state index in [9.17, 15) is 24.8 Å². The first-order valence-corrected chi connectivity index (χ1v) is 10.2. The van der Waals surface area contributed by atoms with Gasteiger partial charge in [0.2, 0.25) is 0 Å². The van der Waals surface area contributed by atoms with Gasteiger partial charge in [-0.05, 0) is 54.1 Å². The summed E-state index contributed by atoms with van der Waals surface area (Å²) in [5, 5.41) is 22.5. The van der Waals surface area contributed by atoms with Crippen LogP contribution in [0.15, 0.2) is 78.4 Å². The first-order valence-electron chi connectivity index (χ1n) is 10.2. The van der Waals surface area contributed by atoms with E-state index in [0.717, 1.165) is 0 Å². The highest BCUT2D eigenvalue weighted by molar-refractivity contribution is 6.51. The number of non-ortho nitro benzene ring substituents is 1. The SMILES string of the molecule is COc1ccc(C(O)=C2C(=O)C(=O)N(c3ccc(OC)cc3)[C@@H]2c2cccc([N+](=O)[O-])c2)cc1. The molecule has 1 fully saturated rings. The molecular weight excluding hydrogens is 440 g/mol. The number of nitro benzene ring substituents is 1. The number of ketones is 1. The van der Waals surface area contributed by atoms with Crippen molar-refractivity contribution in [2.75, 3.05) is 19.1 Å². The molecule has 1 aliphatic rings. The van der Waals surface area contributed by atoms with Crippen molar-refractivity contribution >= 4 is 28.8 Å². The first-order chi connectivity index (χ1) is 16.3. The van der Waals surface area contributed by atoms with Crippen molar-refractivity contribution < 1.29 is 29.1 Å². The van der Waals surface area contributed by atoms with Crippen molar-refractivity contribution in [1.82, 2.24) is 0 Å². The molecule has 0 spiro atoms. The molecule has 1 amide bonds. The second-order valence-corrected chi connectivity index (χ2v) is 7.45. The number of aliphatic hydroxyl groups excluding tert-OH is 1. The molecule has 0 radical (unpaired) electrons. The molecule has 1 atom stereocenters. The molecule has 0 bridgehead atoms. The zero-order valence-corrected chi connectivity index (χ0v) is 18.3. The Hall–Kier alpha value is -4.66. The normalized spacial score (nSPS) is 17.0. The highest BCUT2D eigenvalue weighted by atomic mass is 16.6. The summed E-state index contributed by atoms with van der Waals surface area (Å²) in [5.74, 6) is -1.07. The molecule has 1 N–H and O–H groups in total. The Kier molecular flexibility index (Phi) is 6.01. The Balaban J connectivity index is 1.93. The number of nitro groups is 1. The highest BCUT2D eigenvalue weighted by Gasteiger charge is 2.47. The molecule has 0 unspecified atom stereocenters. The molecule has 4 rings (SSSR count). The van der Waals surface area contributed by atoms with Crippen molar-refractivity contribution in [3.05, 3.63) is 99.6 Å². The molecular formula is C25H20N2O7. The molecule has 172 valence electrons. The number of carbonyl (C=O) groups is 2. The number of hydrogen-bond donors (Lipinski definition) is 1. The lowest BCUT2D eigenvalue weighted by molar-refractivity contribution is -0.384. The fourth-order valence-corrected chi connectivity index (χ4v) is 3.87. The van der Waals surface area contributed by atoms with Crippen molar-refractivity contribution in [2.45, 2.75) is 6.04 Å². The first kappa shape index (κ1) is 22.5. The Labute approximate surface area is 194 Å². The average molecular weight is 460 g/mol. The lowest BCUT2D eigenvalue weighted by Gasteiger charge is -2.25. The quantitative estimate of drug-likeness (QED) is 0.192. The van der Waals surface area contributed by atoms with Gasteiger partial charge in [0.15, 0.2) is 0 Å². The maximum Gasteiger partial charge on any atom is 0.300 e. The monoisotopic (exact) mass is 460 g/mol. The van der Waals surface area contributed by atoms with Crippen LogP contribution in [0.5, 0.6) is 11.5 Å². The summed E-state index contributed by atoms with van der Waals surface area (Å²) < 4.78 is 10.3. The molecule has 0 aromatic heterocycles. The minimum absolute atomic E-state index is 0.175. The van der Waals surface area contributed by atoms with Crippen LogP contribution < -0.4 is 14.4 Å². The molecule has 9 heteroatoms. The third kappa shape index (κ3) is 3.95. The number of amides is 1. The Morgan fingerprint density at radius 1 is 0.941 bits per heavy atom. The topological polar surface area (TPSA) is 119 Å². The molecule has 0 saturated carbocycles. The van der Waals surface area contributed by atoms with Crippen LogP contribution in [-0.2, 0) is 9.59 Å². The van der Waals surface area contributed by atoms with Crippen molar-refractivity contribution in [3.63, 3.8) is 0 Å². The lowest BCUT2D eigenvalue weighted by atomic mass is 9.94. The fraction of sp³-hybridized carbons (Fsp3) is 0.120. The number of anilines is 1. The molecule has 1 heterocycles. The van der Waals surface area contributed by atoms with E-state index in [2.05, 4.69) is 0 Å². The lowest BCUT2D eigenvalue weighted by Crippen LogP contribution is -2.29. The Morgan fingerprint density at radius 2 is 1.53 bits per heavy atom. The van der Waals surface area contributed by atoms with E-state index < -0.39 is 28.4 Å². The fourth-order valence-electron chi connectivity index (χ4n) is 3.87. The second kappa shape index (κ2) is 9.07. The van der Waals surface area contributed by atoms with Crippen LogP contribution >= 0.6 is 0 Å². The zero-order chi connectivity index (χ0) is 24.4. The largest absolute Gasteiger partial charge is 0.507 e. The summed E-state index contributed by atoms with van der Waals surface area (Å²) in [6.45, 7) is 0. The van der Waals surface area contributed by atoms with Crippen molar-refractivity contribution in [2.24, 2.45) is 0 Å². The molecule has 1 aliphatic heterocycles. The number of benzene rings is 3. The number of nitrogens with zero attached hydrogens (tertiary/aromatic N) is 2. The minimum Gasteiger partial charge on any atom is -0.507 e. The van der Waals surface area contributed by atoms with Gasteiger partial charge in [0.05, 0.1) is 30.8 Å². The van der Waals surface area contributed by atoms with E-state index in [4.69, 9.17) is 9.47 Å². The smallest absolute Gasteiger partial charge is 0.300 e. The van der Waals surface area contributed by atoms with Crippen LogP contribution in [0.25, 0.3) is 5.76 Å². The van der Waals surface area contributed by atoms with Crippen LogP contribution in [-0.4, -0.2) is 35.9 Å². The van der Waals surface area contributed by atoms with Crippen molar-refractivity contribution in [3.8, 4) is 11.5 Å². The highest BCUT2D eigenvalue weighted by Crippen LogP contribution is 2.43. The number of hydrogen-bond acceptors (Lipinski definition) is 7. The van der Waals surface area contributed by atoms with Crippen LogP contribution in [0.3, 0.4) is 0 Å². The predicted molar refractivity (Wildman–Crippen MR) is 124 cm³/mol. The number of carbonyl (C=O) groups excluding carboxylic acids is 2. The molecule has 0 aliphatic carbocycles. The summed E-state index contributed by atoms with van der Waals surface area (Å²) in [6.07, 6.45) is 0. The number of Topliss-reactive ketones (excluding diaryl/α,β-unsaturated/α-hetero) is 1. The Morgan fingerprint density at radius 3 is 2.09 bits per heavy atom. The maximum atomic E-state index is 13.2. The van der Waals surface area contributed by atoms with Crippen LogP contribution in [0, 0.1) is 10.1 Å². The van der Waals surface area contributed by atoms with Crippen molar-refractivity contribution in [1.29, 1.82) is 0 Å². The number of rotatable bonds is 6. The van der Waals surface area contributed by atoms with E-state index in [-0.39, 0.29) is 11.3 Å². The average Bonchev–Trinajstić information content (AvgIpc) is 3.14. The Bertz CT molecular complexity index is 1300. The van der Waals surface area contributed by atoms with Gasteiger partial charge < -0.3 is 14.6 Å². The van der Waals surface area contributed by atoms with Gasteiger partial charge in [0, 0.05) is 23.4 Å². The number of methoxy groups -OCH3 is 2. The molecule has 3 aromatic rings. The molecule has 9 nitrogen and oxygen atoms in total. The third-order valence-corrected chi connectivity index (χ3v) is 5.56. The van der Waals surface area contributed by atoms with E-state index in [1.165, 1.54) is 37.3 Å². The van der Waals surface area contributed by atoms with Crippen LogP contribution in [0.2, 0.25) is 0 Å². The van der Waals surface area contributed by atoms with Gasteiger partial charge >= 0.3 is 0 Å². The van der Waals surface area contributed by atoms with Gasteiger partial charge in [0.1, 0.15) is 17.3 Å². The minimum atomic E-state index is -1.09. The summed E-state index contributed by atoms with van der Waals surface area (Å²) >= 11 is 0. The number of ether oxygens (including phenoxy) is 2. The molecule has 3 aromatic carbocycles. The van der Waals surface area contributed by atoms with Crippen LogP contribution in [0.4, 0.5) is 11.4 Å². The summed E-state index contributed by atoms with van der Waals surface area (Å²) in [7, 11) is 3.00. The standard InChI is InChI=1S/C25H20N2O7/c1-33-19-10-6-15(7-11-19)23(28)21-22(16-4-3-5-18(14-16)27(31)32)26(25(30)24(21)29)17-8-12-20(34-2)13-9-17/h3-14,22,28H,1-2H3/t22-/m1/s1. The maximum absolute atomic E-state index is 13.2. The molecule has 34 heavy (non-hydrogen) atoms.